The number of rotatable bonds is 4. The lowest BCUT2D eigenvalue weighted by Gasteiger charge is -2.19. The molecule has 1 aromatic carbocycles. The van der Waals surface area contributed by atoms with Gasteiger partial charge in [-0.25, -0.2) is 0 Å². The maximum absolute atomic E-state index is 6.02. The molecule has 0 aliphatic carbocycles. The predicted octanol–water partition coefficient (Wildman–Crippen LogP) is 3.09. The molecule has 0 unspecified atom stereocenters. The Labute approximate surface area is 124 Å². The number of nitrogens with one attached hydrogen (secondary N) is 1. The summed E-state index contributed by atoms with van der Waals surface area (Å²) in [6.45, 7) is 4.19. The molecule has 108 valence electrons. The number of hydrogen-bond donors (Lipinski definition) is 1. The largest absolute Gasteiger partial charge is 0.459 e. The number of hydrogen-bond acceptors (Lipinski definition) is 4. The third-order valence-corrected chi connectivity index (χ3v) is 4.86. The fourth-order valence-corrected chi connectivity index (χ4v) is 3.73. The first-order valence-corrected chi connectivity index (χ1v) is 8.48. The molecule has 0 atom stereocenters. The third-order valence-electron chi connectivity index (χ3n) is 3.82. The van der Waals surface area contributed by atoms with Crippen LogP contribution >= 0.6 is 11.8 Å². The maximum Gasteiger partial charge on any atom is 0.134 e. The summed E-state index contributed by atoms with van der Waals surface area (Å²) in [6, 6.07) is 8.39. The molecule has 1 saturated heterocycles. The van der Waals surface area contributed by atoms with Crippen molar-refractivity contribution in [2.75, 3.05) is 31.6 Å². The SMILES string of the molecule is CNCc1oc2ccccc2c1CN1CCCSCC1. The van der Waals surface area contributed by atoms with E-state index in [2.05, 4.69) is 40.2 Å². The van der Waals surface area contributed by atoms with Crippen LogP contribution in [0.2, 0.25) is 0 Å². The zero-order valence-electron chi connectivity index (χ0n) is 12.0. The van der Waals surface area contributed by atoms with Crippen LogP contribution in [0.1, 0.15) is 17.7 Å². The zero-order valence-corrected chi connectivity index (χ0v) is 12.8. The highest BCUT2D eigenvalue weighted by molar-refractivity contribution is 7.99. The molecule has 0 radical (unpaired) electrons. The monoisotopic (exact) mass is 290 g/mol. The lowest BCUT2D eigenvalue weighted by atomic mass is 10.1. The summed E-state index contributed by atoms with van der Waals surface area (Å²) >= 11 is 2.07. The molecule has 3 nitrogen and oxygen atoms in total. The molecule has 1 aliphatic heterocycles. The van der Waals surface area contributed by atoms with E-state index >= 15 is 0 Å². The van der Waals surface area contributed by atoms with E-state index in [4.69, 9.17) is 4.42 Å². The van der Waals surface area contributed by atoms with Crippen LogP contribution in [-0.2, 0) is 13.1 Å². The smallest absolute Gasteiger partial charge is 0.134 e. The van der Waals surface area contributed by atoms with Crippen molar-refractivity contribution in [2.24, 2.45) is 0 Å². The second-order valence-electron chi connectivity index (χ2n) is 5.27. The molecule has 0 spiro atoms. The Morgan fingerprint density at radius 2 is 2.15 bits per heavy atom. The summed E-state index contributed by atoms with van der Waals surface area (Å²) in [4.78, 5) is 2.57. The minimum atomic E-state index is 0.798. The highest BCUT2D eigenvalue weighted by Crippen LogP contribution is 2.27. The van der Waals surface area contributed by atoms with Gasteiger partial charge in [0.2, 0.25) is 0 Å². The molecule has 20 heavy (non-hydrogen) atoms. The second-order valence-corrected chi connectivity index (χ2v) is 6.50. The normalized spacial score (nSPS) is 17.4. The van der Waals surface area contributed by atoms with Crippen molar-refractivity contribution in [1.82, 2.24) is 10.2 Å². The van der Waals surface area contributed by atoms with E-state index in [1.165, 1.54) is 42.0 Å². The number of nitrogens with zero attached hydrogens (tertiary/aromatic N) is 1. The van der Waals surface area contributed by atoms with E-state index in [0.717, 1.165) is 24.4 Å². The van der Waals surface area contributed by atoms with Crippen LogP contribution in [0.4, 0.5) is 0 Å². The molecule has 0 bridgehead atoms. The number of para-hydroxylation sites is 1. The van der Waals surface area contributed by atoms with Crippen LogP contribution < -0.4 is 5.32 Å². The Morgan fingerprint density at radius 1 is 1.25 bits per heavy atom. The summed E-state index contributed by atoms with van der Waals surface area (Å²) in [5.74, 6) is 3.63. The first-order valence-electron chi connectivity index (χ1n) is 7.32. The molecule has 1 aliphatic rings. The Hall–Kier alpha value is -0.970. The fraction of sp³-hybridized carbons (Fsp3) is 0.500. The van der Waals surface area contributed by atoms with Crippen molar-refractivity contribution in [3.63, 3.8) is 0 Å². The van der Waals surface area contributed by atoms with Gasteiger partial charge in [0, 0.05) is 29.8 Å². The molecule has 2 heterocycles. The zero-order chi connectivity index (χ0) is 13.8. The molecule has 1 fully saturated rings. The first-order chi connectivity index (χ1) is 9.88. The summed E-state index contributed by atoms with van der Waals surface area (Å²) < 4.78 is 6.02. The first kappa shape index (κ1) is 14.0. The molecule has 1 aromatic heterocycles. The highest BCUT2D eigenvalue weighted by Gasteiger charge is 2.17. The fourth-order valence-electron chi connectivity index (χ4n) is 2.81. The van der Waals surface area contributed by atoms with Gasteiger partial charge in [0.05, 0.1) is 6.54 Å². The summed E-state index contributed by atoms with van der Waals surface area (Å²) in [5, 5.41) is 4.49. The molecule has 3 rings (SSSR count). The van der Waals surface area contributed by atoms with Crippen LogP contribution in [0.5, 0.6) is 0 Å². The average Bonchev–Trinajstić information content (AvgIpc) is 2.64. The summed E-state index contributed by atoms with van der Waals surface area (Å²) in [5.41, 5.74) is 2.37. The number of furan rings is 1. The van der Waals surface area contributed by atoms with E-state index in [-0.39, 0.29) is 0 Å². The van der Waals surface area contributed by atoms with Crippen LogP contribution in [0.3, 0.4) is 0 Å². The van der Waals surface area contributed by atoms with E-state index < -0.39 is 0 Å². The topological polar surface area (TPSA) is 28.4 Å². The van der Waals surface area contributed by atoms with Crippen molar-refractivity contribution in [3.8, 4) is 0 Å². The molecular weight excluding hydrogens is 268 g/mol. The molecular formula is C16H22N2OS. The van der Waals surface area contributed by atoms with Crippen molar-refractivity contribution in [3.05, 3.63) is 35.6 Å². The van der Waals surface area contributed by atoms with Crippen LogP contribution in [-0.4, -0.2) is 36.5 Å². The summed E-state index contributed by atoms with van der Waals surface area (Å²) in [6.07, 6.45) is 1.29. The van der Waals surface area contributed by atoms with Gasteiger partial charge in [-0.05, 0) is 31.8 Å². The number of benzene rings is 1. The molecule has 0 saturated carbocycles. The van der Waals surface area contributed by atoms with E-state index in [0.29, 0.717) is 0 Å². The minimum Gasteiger partial charge on any atom is -0.459 e. The van der Waals surface area contributed by atoms with Gasteiger partial charge in [-0.2, -0.15) is 11.8 Å². The Morgan fingerprint density at radius 3 is 3.05 bits per heavy atom. The van der Waals surface area contributed by atoms with Gasteiger partial charge < -0.3 is 9.73 Å². The van der Waals surface area contributed by atoms with E-state index in [1.807, 2.05) is 13.1 Å². The number of thioether (sulfide) groups is 1. The molecule has 0 amide bonds. The highest BCUT2D eigenvalue weighted by atomic mass is 32.2. The standard InChI is InChI=1S/C16H22N2OS/c1-17-11-16-14(12-18-7-4-9-20-10-8-18)13-5-2-3-6-15(13)19-16/h2-3,5-6,17H,4,7-12H2,1H3. The average molecular weight is 290 g/mol. The van der Waals surface area contributed by atoms with Crippen molar-refractivity contribution >= 4 is 22.7 Å². The van der Waals surface area contributed by atoms with Gasteiger partial charge in [-0.1, -0.05) is 18.2 Å². The van der Waals surface area contributed by atoms with Gasteiger partial charge in [0.15, 0.2) is 0 Å². The minimum absolute atomic E-state index is 0.798. The molecule has 1 N–H and O–H groups in total. The third kappa shape index (κ3) is 3.03. The van der Waals surface area contributed by atoms with E-state index in [9.17, 15) is 0 Å². The van der Waals surface area contributed by atoms with Crippen LogP contribution in [0.25, 0.3) is 11.0 Å². The van der Waals surface area contributed by atoms with Gasteiger partial charge >= 0.3 is 0 Å². The Kier molecular flexibility index (Phi) is 4.65. The van der Waals surface area contributed by atoms with Crippen LogP contribution in [0, 0.1) is 0 Å². The summed E-state index contributed by atoms with van der Waals surface area (Å²) in [7, 11) is 1.97. The quantitative estimate of drug-likeness (QED) is 0.936. The lowest BCUT2D eigenvalue weighted by molar-refractivity contribution is 0.285. The number of fused-ring (bicyclic) bond motifs is 1. The van der Waals surface area contributed by atoms with Gasteiger partial charge in [-0.15, -0.1) is 0 Å². The van der Waals surface area contributed by atoms with E-state index in [1.54, 1.807) is 0 Å². The Bertz CT molecular complexity index is 559. The molecule has 4 heteroatoms. The van der Waals surface area contributed by atoms with Gasteiger partial charge in [-0.3, -0.25) is 4.90 Å². The molecule has 2 aromatic rings. The van der Waals surface area contributed by atoms with Crippen molar-refractivity contribution in [1.29, 1.82) is 0 Å². The Balaban J connectivity index is 1.89. The lowest BCUT2D eigenvalue weighted by Crippen LogP contribution is -2.26. The van der Waals surface area contributed by atoms with Crippen LogP contribution in [0.15, 0.2) is 28.7 Å². The van der Waals surface area contributed by atoms with Crippen molar-refractivity contribution < 1.29 is 4.42 Å². The van der Waals surface area contributed by atoms with Gasteiger partial charge in [0.1, 0.15) is 11.3 Å². The van der Waals surface area contributed by atoms with Crippen molar-refractivity contribution in [2.45, 2.75) is 19.5 Å². The van der Waals surface area contributed by atoms with Gasteiger partial charge in [0.25, 0.3) is 0 Å². The maximum atomic E-state index is 6.02. The predicted molar refractivity (Wildman–Crippen MR) is 86.2 cm³/mol. The second kappa shape index (κ2) is 6.66.